The number of alkyl halides is 3. The number of carbonyl (C=O) groups excluding carboxylic acids is 2. The van der Waals surface area contributed by atoms with Crippen molar-refractivity contribution in [2.75, 3.05) is 5.32 Å². The van der Waals surface area contributed by atoms with E-state index in [4.69, 9.17) is 0 Å². The van der Waals surface area contributed by atoms with Crippen molar-refractivity contribution in [3.8, 4) is 0 Å². The van der Waals surface area contributed by atoms with E-state index in [9.17, 15) is 22.8 Å². The monoisotopic (exact) mass is 350 g/mol. The summed E-state index contributed by atoms with van der Waals surface area (Å²) in [6.07, 6.45) is -4.27. The van der Waals surface area contributed by atoms with Crippen molar-refractivity contribution in [2.45, 2.75) is 25.1 Å². The predicted molar refractivity (Wildman–Crippen MR) is 68.9 cm³/mol. The van der Waals surface area contributed by atoms with Gasteiger partial charge in [-0.1, -0.05) is 15.9 Å². The van der Waals surface area contributed by atoms with E-state index in [2.05, 4.69) is 26.6 Å². The molecule has 1 fully saturated rings. The second-order valence-electron chi connectivity index (χ2n) is 4.34. The van der Waals surface area contributed by atoms with E-state index in [0.29, 0.717) is 4.47 Å². The highest BCUT2D eigenvalue weighted by molar-refractivity contribution is 9.10. The SMILES string of the molecule is O=C1CCC(Nc2ccc(Br)cc2C(F)(F)F)C(=O)N1. The Morgan fingerprint density at radius 2 is 2.00 bits per heavy atom. The third-order valence-corrected chi connectivity index (χ3v) is 3.35. The van der Waals surface area contributed by atoms with Crippen LogP contribution in [0.25, 0.3) is 0 Å². The Labute approximate surface area is 120 Å². The standard InChI is InChI=1S/C12H10BrF3N2O2/c13-6-1-2-8(7(5-6)12(14,15)16)17-9-3-4-10(19)18-11(9)20/h1-2,5,9,17H,3-4H2,(H,18,19,20). The van der Waals surface area contributed by atoms with Crippen LogP contribution >= 0.6 is 15.9 Å². The lowest BCUT2D eigenvalue weighted by atomic mass is 10.0. The molecule has 0 aliphatic carbocycles. The molecule has 1 unspecified atom stereocenters. The summed E-state index contributed by atoms with van der Waals surface area (Å²) < 4.78 is 39.1. The molecule has 0 spiro atoms. The van der Waals surface area contributed by atoms with Crippen molar-refractivity contribution in [2.24, 2.45) is 0 Å². The lowest BCUT2D eigenvalue weighted by Gasteiger charge is -2.24. The lowest BCUT2D eigenvalue weighted by Crippen LogP contribution is -2.47. The maximum absolute atomic E-state index is 12.9. The molecule has 8 heteroatoms. The molecule has 2 N–H and O–H groups in total. The molecule has 1 aliphatic rings. The second kappa shape index (κ2) is 5.43. The van der Waals surface area contributed by atoms with Gasteiger partial charge in [-0.05, 0) is 24.6 Å². The maximum atomic E-state index is 12.9. The minimum absolute atomic E-state index is 0.0985. The summed E-state index contributed by atoms with van der Waals surface area (Å²) >= 11 is 2.98. The molecule has 0 bridgehead atoms. The summed E-state index contributed by atoms with van der Waals surface area (Å²) in [6.45, 7) is 0. The van der Waals surface area contributed by atoms with Crippen LogP contribution < -0.4 is 10.6 Å². The highest BCUT2D eigenvalue weighted by Crippen LogP contribution is 2.37. The van der Waals surface area contributed by atoms with Crippen LogP contribution in [0.4, 0.5) is 18.9 Å². The van der Waals surface area contributed by atoms with Crippen LogP contribution in [-0.2, 0) is 15.8 Å². The van der Waals surface area contributed by atoms with Crippen LogP contribution in [0.15, 0.2) is 22.7 Å². The van der Waals surface area contributed by atoms with Gasteiger partial charge in [0.2, 0.25) is 11.8 Å². The average Bonchev–Trinajstić information content (AvgIpc) is 2.33. The molecular formula is C12H10BrF3N2O2. The van der Waals surface area contributed by atoms with Crippen LogP contribution in [0.3, 0.4) is 0 Å². The van der Waals surface area contributed by atoms with Gasteiger partial charge in [0.05, 0.1) is 5.56 Å². The Morgan fingerprint density at radius 3 is 2.60 bits per heavy atom. The number of piperidine rings is 1. The molecule has 2 amide bonds. The van der Waals surface area contributed by atoms with Crippen molar-refractivity contribution in [1.82, 2.24) is 5.32 Å². The van der Waals surface area contributed by atoms with Crippen molar-refractivity contribution in [3.63, 3.8) is 0 Å². The molecule has 1 saturated heterocycles. The lowest BCUT2D eigenvalue weighted by molar-refractivity contribution is -0.138. The fraction of sp³-hybridized carbons (Fsp3) is 0.333. The van der Waals surface area contributed by atoms with Gasteiger partial charge in [0.1, 0.15) is 6.04 Å². The third kappa shape index (κ3) is 3.30. The van der Waals surface area contributed by atoms with Gasteiger partial charge in [0.15, 0.2) is 0 Å². The first-order valence-electron chi connectivity index (χ1n) is 5.74. The number of halogens is 4. The van der Waals surface area contributed by atoms with E-state index in [1.54, 1.807) is 0 Å². The van der Waals surface area contributed by atoms with E-state index < -0.39 is 29.6 Å². The minimum atomic E-state index is -4.53. The number of imide groups is 1. The Balaban J connectivity index is 2.25. The number of benzene rings is 1. The molecule has 1 aromatic rings. The Bertz CT molecular complexity index is 560. The number of carbonyl (C=O) groups is 2. The number of hydrogen-bond donors (Lipinski definition) is 2. The first kappa shape index (κ1) is 14.8. The summed E-state index contributed by atoms with van der Waals surface area (Å²) in [5, 5.41) is 4.64. The van der Waals surface area contributed by atoms with Crippen molar-refractivity contribution in [3.05, 3.63) is 28.2 Å². The van der Waals surface area contributed by atoms with Crippen LogP contribution in [0, 0.1) is 0 Å². The van der Waals surface area contributed by atoms with Crippen molar-refractivity contribution in [1.29, 1.82) is 0 Å². The van der Waals surface area contributed by atoms with Gasteiger partial charge in [-0.2, -0.15) is 13.2 Å². The highest BCUT2D eigenvalue weighted by atomic mass is 79.9. The number of nitrogens with one attached hydrogen (secondary N) is 2. The first-order valence-corrected chi connectivity index (χ1v) is 6.53. The normalized spacial score (nSPS) is 19.7. The third-order valence-electron chi connectivity index (χ3n) is 2.86. The zero-order chi connectivity index (χ0) is 14.9. The maximum Gasteiger partial charge on any atom is 0.418 e. The zero-order valence-electron chi connectivity index (χ0n) is 10.1. The van der Waals surface area contributed by atoms with Gasteiger partial charge in [-0.25, -0.2) is 0 Å². The van der Waals surface area contributed by atoms with Gasteiger partial charge in [0.25, 0.3) is 0 Å². The topological polar surface area (TPSA) is 58.2 Å². The first-order chi connectivity index (χ1) is 9.27. The molecule has 2 rings (SSSR count). The summed E-state index contributed by atoms with van der Waals surface area (Å²) in [5.41, 5.74) is -1.05. The zero-order valence-corrected chi connectivity index (χ0v) is 11.6. The smallest absolute Gasteiger partial charge is 0.373 e. The molecule has 0 radical (unpaired) electrons. The van der Waals surface area contributed by atoms with E-state index in [0.717, 1.165) is 6.07 Å². The second-order valence-corrected chi connectivity index (χ2v) is 5.25. The van der Waals surface area contributed by atoms with E-state index in [1.165, 1.54) is 12.1 Å². The summed E-state index contributed by atoms with van der Waals surface area (Å²) in [5.74, 6) is -1.03. The average molecular weight is 351 g/mol. The van der Waals surface area contributed by atoms with Crippen LogP contribution in [-0.4, -0.2) is 17.9 Å². The molecule has 4 nitrogen and oxygen atoms in total. The molecular weight excluding hydrogens is 341 g/mol. The highest BCUT2D eigenvalue weighted by Gasteiger charge is 2.35. The van der Waals surface area contributed by atoms with Gasteiger partial charge in [0, 0.05) is 16.6 Å². The Hall–Kier alpha value is -1.57. The molecule has 108 valence electrons. The molecule has 1 aliphatic heterocycles. The number of amides is 2. The molecule has 20 heavy (non-hydrogen) atoms. The Kier molecular flexibility index (Phi) is 4.03. The van der Waals surface area contributed by atoms with Crippen LogP contribution in [0.1, 0.15) is 18.4 Å². The van der Waals surface area contributed by atoms with Crippen LogP contribution in [0.2, 0.25) is 0 Å². The predicted octanol–water partition coefficient (Wildman–Crippen LogP) is 2.69. The van der Waals surface area contributed by atoms with Gasteiger partial charge in [-0.3, -0.25) is 14.9 Å². The van der Waals surface area contributed by atoms with E-state index in [-0.39, 0.29) is 18.5 Å². The summed E-state index contributed by atoms with van der Waals surface area (Å²) in [4.78, 5) is 22.5. The van der Waals surface area contributed by atoms with Gasteiger partial charge >= 0.3 is 6.18 Å². The molecule has 1 atom stereocenters. The number of anilines is 1. The van der Waals surface area contributed by atoms with E-state index in [1.807, 2.05) is 0 Å². The fourth-order valence-corrected chi connectivity index (χ4v) is 2.26. The number of hydrogen-bond acceptors (Lipinski definition) is 3. The number of rotatable bonds is 2. The largest absolute Gasteiger partial charge is 0.418 e. The van der Waals surface area contributed by atoms with Crippen molar-refractivity contribution < 1.29 is 22.8 Å². The molecule has 0 saturated carbocycles. The Morgan fingerprint density at radius 1 is 1.30 bits per heavy atom. The van der Waals surface area contributed by atoms with E-state index >= 15 is 0 Å². The fourth-order valence-electron chi connectivity index (χ4n) is 1.90. The van der Waals surface area contributed by atoms with Gasteiger partial charge in [-0.15, -0.1) is 0 Å². The molecule has 1 heterocycles. The minimum Gasteiger partial charge on any atom is -0.373 e. The molecule has 1 aromatic carbocycles. The quantitative estimate of drug-likeness (QED) is 0.806. The summed E-state index contributed by atoms with van der Waals surface area (Å²) in [7, 11) is 0. The van der Waals surface area contributed by atoms with Crippen LogP contribution in [0.5, 0.6) is 0 Å². The van der Waals surface area contributed by atoms with Gasteiger partial charge < -0.3 is 5.32 Å². The van der Waals surface area contributed by atoms with Crippen molar-refractivity contribution >= 4 is 33.4 Å². The molecule has 0 aromatic heterocycles. The summed E-state index contributed by atoms with van der Waals surface area (Å²) in [6, 6.07) is 2.78.